The average molecular weight is 236 g/mol. The molecule has 0 spiro atoms. The minimum atomic E-state index is -0.313. The van der Waals surface area contributed by atoms with Crippen molar-refractivity contribution in [1.82, 2.24) is 10.2 Å². The number of nitrogens with zero attached hydrogens (tertiary/aromatic N) is 1. The molecule has 17 heavy (non-hydrogen) atoms. The Morgan fingerprint density at radius 2 is 2.12 bits per heavy atom. The molecule has 1 aromatic rings. The Balaban J connectivity index is 2.10. The lowest BCUT2D eigenvalue weighted by molar-refractivity contribution is 0.0755. The van der Waals surface area contributed by atoms with Gasteiger partial charge in [-0.25, -0.2) is 4.39 Å². The fourth-order valence-corrected chi connectivity index (χ4v) is 2.06. The van der Waals surface area contributed by atoms with Crippen molar-refractivity contribution in [3.63, 3.8) is 0 Å². The topological polar surface area (TPSA) is 32.3 Å². The third-order valence-corrected chi connectivity index (χ3v) is 2.97. The molecule has 1 atom stereocenters. The molecule has 2 rings (SSSR count). The molecule has 1 N–H and O–H groups in total. The number of carbonyl (C=O) groups is 1. The van der Waals surface area contributed by atoms with Crippen molar-refractivity contribution in [2.75, 3.05) is 19.6 Å². The van der Waals surface area contributed by atoms with Crippen molar-refractivity contribution in [2.24, 2.45) is 0 Å². The number of hydrogen-bond acceptors (Lipinski definition) is 2. The van der Waals surface area contributed by atoms with Crippen LogP contribution in [0, 0.1) is 5.82 Å². The summed E-state index contributed by atoms with van der Waals surface area (Å²) < 4.78 is 12.8. The first-order valence-electron chi connectivity index (χ1n) is 5.95. The van der Waals surface area contributed by atoms with Crippen LogP contribution in [0.15, 0.2) is 24.3 Å². The van der Waals surface area contributed by atoms with Crippen molar-refractivity contribution >= 4 is 5.91 Å². The highest BCUT2D eigenvalue weighted by molar-refractivity contribution is 5.94. The van der Waals surface area contributed by atoms with Gasteiger partial charge in [0, 0.05) is 24.7 Å². The molecule has 1 fully saturated rings. The van der Waals surface area contributed by atoms with E-state index in [1.165, 1.54) is 12.1 Å². The maximum atomic E-state index is 12.8. The van der Waals surface area contributed by atoms with Gasteiger partial charge in [-0.3, -0.25) is 4.79 Å². The maximum Gasteiger partial charge on any atom is 0.253 e. The molecule has 3 nitrogen and oxygen atoms in total. The van der Waals surface area contributed by atoms with Gasteiger partial charge >= 0.3 is 0 Å². The fourth-order valence-electron chi connectivity index (χ4n) is 2.06. The molecule has 1 aliphatic rings. The second-order valence-corrected chi connectivity index (χ2v) is 4.47. The van der Waals surface area contributed by atoms with Gasteiger partial charge in [0.2, 0.25) is 0 Å². The Labute approximate surface area is 101 Å². The Morgan fingerprint density at radius 1 is 1.41 bits per heavy atom. The summed E-state index contributed by atoms with van der Waals surface area (Å²) in [4.78, 5) is 14.0. The van der Waals surface area contributed by atoms with Gasteiger partial charge in [-0.05, 0) is 44.2 Å². The van der Waals surface area contributed by atoms with Gasteiger partial charge in [-0.1, -0.05) is 0 Å². The highest BCUT2D eigenvalue weighted by Gasteiger charge is 2.20. The molecule has 1 heterocycles. The smallest absolute Gasteiger partial charge is 0.253 e. The Morgan fingerprint density at radius 3 is 2.82 bits per heavy atom. The summed E-state index contributed by atoms with van der Waals surface area (Å²) in [6.45, 7) is 4.47. The van der Waals surface area contributed by atoms with Crippen LogP contribution in [-0.2, 0) is 0 Å². The summed E-state index contributed by atoms with van der Waals surface area (Å²) >= 11 is 0. The van der Waals surface area contributed by atoms with Gasteiger partial charge in [0.05, 0.1) is 0 Å². The quantitative estimate of drug-likeness (QED) is 0.804. The van der Waals surface area contributed by atoms with E-state index < -0.39 is 0 Å². The SMILES string of the molecule is CC1CN(C(=O)c2ccc(F)cc2)CCCN1. The molecule has 0 aliphatic carbocycles. The highest BCUT2D eigenvalue weighted by Crippen LogP contribution is 2.09. The van der Waals surface area contributed by atoms with Gasteiger partial charge in [0.25, 0.3) is 5.91 Å². The molecule has 4 heteroatoms. The van der Waals surface area contributed by atoms with Crippen molar-refractivity contribution in [1.29, 1.82) is 0 Å². The molecular weight excluding hydrogens is 219 g/mol. The molecule has 0 saturated carbocycles. The molecule has 1 aliphatic heterocycles. The van der Waals surface area contributed by atoms with E-state index in [0.717, 1.165) is 19.5 Å². The molecule has 1 aromatic carbocycles. The first kappa shape index (κ1) is 12.0. The van der Waals surface area contributed by atoms with Crippen molar-refractivity contribution in [2.45, 2.75) is 19.4 Å². The largest absolute Gasteiger partial charge is 0.337 e. The van der Waals surface area contributed by atoms with Crippen molar-refractivity contribution in [3.05, 3.63) is 35.6 Å². The molecule has 0 bridgehead atoms. The van der Waals surface area contributed by atoms with Crippen LogP contribution in [-0.4, -0.2) is 36.5 Å². The van der Waals surface area contributed by atoms with E-state index in [9.17, 15) is 9.18 Å². The number of hydrogen-bond donors (Lipinski definition) is 1. The van der Waals surface area contributed by atoms with E-state index in [-0.39, 0.29) is 11.7 Å². The molecule has 0 aromatic heterocycles. The molecule has 1 unspecified atom stereocenters. The summed E-state index contributed by atoms with van der Waals surface area (Å²) in [7, 11) is 0. The summed E-state index contributed by atoms with van der Waals surface area (Å²) in [6.07, 6.45) is 0.956. The summed E-state index contributed by atoms with van der Waals surface area (Å²) in [5.74, 6) is -0.326. The summed E-state index contributed by atoms with van der Waals surface area (Å²) in [5.41, 5.74) is 0.556. The molecular formula is C13H17FN2O. The van der Waals surface area contributed by atoms with E-state index >= 15 is 0 Å². The predicted molar refractivity (Wildman–Crippen MR) is 64.4 cm³/mol. The molecule has 92 valence electrons. The minimum Gasteiger partial charge on any atom is -0.337 e. The van der Waals surface area contributed by atoms with Gasteiger partial charge < -0.3 is 10.2 Å². The number of carbonyl (C=O) groups excluding carboxylic acids is 1. The molecule has 0 radical (unpaired) electrons. The van der Waals surface area contributed by atoms with Crippen LogP contribution < -0.4 is 5.32 Å². The fraction of sp³-hybridized carbons (Fsp3) is 0.462. The van der Waals surface area contributed by atoms with Gasteiger partial charge in [-0.2, -0.15) is 0 Å². The third kappa shape index (κ3) is 3.03. The maximum absolute atomic E-state index is 12.8. The Bertz CT molecular complexity index is 391. The van der Waals surface area contributed by atoms with Gasteiger partial charge in [0.1, 0.15) is 5.82 Å². The number of amides is 1. The van der Waals surface area contributed by atoms with Crippen LogP contribution in [0.2, 0.25) is 0 Å². The zero-order valence-electron chi connectivity index (χ0n) is 9.95. The first-order chi connectivity index (χ1) is 8.16. The van der Waals surface area contributed by atoms with Crippen molar-refractivity contribution < 1.29 is 9.18 Å². The number of benzene rings is 1. The second kappa shape index (κ2) is 5.27. The van der Waals surface area contributed by atoms with E-state index in [1.807, 2.05) is 4.90 Å². The van der Waals surface area contributed by atoms with Gasteiger partial charge in [-0.15, -0.1) is 0 Å². The predicted octanol–water partition coefficient (Wildman–Crippen LogP) is 1.65. The van der Waals surface area contributed by atoms with E-state index in [0.29, 0.717) is 18.2 Å². The van der Waals surface area contributed by atoms with E-state index in [1.54, 1.807) is 12.1 Å². The normalized spacial score (nSPS) is 21.1. The number of nitrogens with one attached hydrogen (secondary N) is 1. The zero-order chi connectivity index (χ0) is 12.3. The monoisotopic (exact) mass is 236 g/mol. The zero-order valence-corrected chi connectivity index (χ0v) is 9.95. The Kier molecular flexibility index (Phi) is 3.74. The van der Waals surface area contributed by atoms with E-state index in [2.05, 4.69) is 12.2 Å². The average Bonchev–Trinajstić information content (AvgIpc) is 2.54. The van der Waals surface area contributed by atoms with E-state index in [4.69, 9.17) is 0 Å². The Hall–Kier alpha value is -1.42. The third-order valence-electron chi connectivity index (χ3n) is 2.97. The number of halogens is 1. The van der Waals surface area contributed by atoms with Crippen LogP contribution in [0.4, 0.5) is 4.39 Å². The lowest BCUT2D eigenvalue weighted by atomic mass is 10.2. The summed E-state index contributed by atoms with van der Waals surface area (Å²) in [5, 5.41) is 3.34. The summed E-state index contributed by atoms with van der Waals surface area (Å²) in [6, 6.07) is 6.04. The lowest BCUT2D eigenvalue weighted by Crippen LogP contribution is -2.38. The number of rotatable bonds is 1. The minimum absolute atomic E-state index is 0.0134. The molecule has 1 saturated heterocycles. The van der Waals surface area contributed by atoms with Crippen LogP contribution in [0.3, 0.4) is 0 Å². The lowest BCUT2D eigenvalue weighted by Gasteiger charge is -2.22. The van der Waals surface area contributed by atoms with Crippen molar-refractivity contribution in [3.8, 4) is 0 Å². The van der Waals surface area contributed by atoms with Crippen LogP contribution in [0.1, 0.15) is 23.7 Å². The van der Waals surface area contributed by atoms with Gasteiger partial charge in [0.15, 0.2) is 0 Å². The van der Waals surface area contributed by atoms with Crippen LogP contribution >= 0.6 is 0 Å². The molecule has 1 amide bonds. The highest BCUT2D eigenvalue weighted by atomic mass is 19.1. The second-order valence-electron chi connectivity index (χ2n) is 4.47. The first-order valence-corrected chi connectivity index (χ1v) is 5.95. The van der Waals surface area contributed by atoms with Crippen LogP contribution in [0.25, 0.3) is 0 Å². The van der Waals surface area contributed by atoms with Crippen LogP contribution in [0.5, 0.6) is 0 Å². The standard InChI is InChI=1S/C13H17FN2O/c1-10-9-16(8-2-7-15-10)13(17)11-3-5-12(14)6-4-11/h3-6,10,15H,2,7-9H2,1H3.